The second kappa shape index (κ2) is 6.22. The fourth-order valence-corrected chi connectivity index (χ4v) is 5.10. The summed E-state index contributed by atoms with van der Waals surface area (Å²) < 4.78 is 0. The summed E-state index contributed by atoms with van der Waals surface area (Å²) in [5.74, 6) is -0.523. The third-order valence-electron chi connectivity index (χ3n) is 6.58. The molecule has 3 aliphatic heterocycles. The normalized spacial score (nSPS) is 31.8. The van der Waals surface area contributed by atoms with E-state index >= 15 is 0 Å². The van der Waals surface area contributed by atoms with Crippen LogP contribution in [0.3, 0.4) is 0 Å². The summed E-state index contributed by atoms with van der Waals surface area (Å²) >= 11 is 0. The number of nitrogens with two attached hydrogens (primary N) is 1. The van der Waals surface area contributed by atoms with Crippen LogP contribution in [-0.4, -0.2) is 58.6 Å². The highest BCUT2D eigenvalue weighted by molar-refractivity contribution is 6.24. The summed E-state index contributed by atoms with van der Waals surface area (Å²) in [6.45, 7) is 2.13. The molecule has 1 aliphatic carbocycles. The van der Waals surface area contributed by atoms with Gasteiger partial charge in [-0.1, -0.05) is 12.1 Å². The molecule has 2 saturated heterocycles. The van der Waals surface area contributed by atoms with E-state index in [9.17, 15) is 19.2 Å². The first kappa shape index (κ1) is 17.5. The van der Waals surface area contributed by atoms with Gasteiger partial charge in [0.25, 0.3) is 11.8 Å². The molecular formula is C20H22N4O4. The maximum atomic E-state index is 13.1. The number of carbonyl (C=O) groups is 4. The number of nitrogens with one attached hydrogen (secondary N) is 1. The molecule has 1 aromatic rings. The zero-order valence-electron chi connectivity index (χ0n) is 15.4. The minimum absolute atomic E-state index is 0.116. The SMILES string of the molecule is NC[C@@H]1[C@H]2C[C@H]2CN1Cc1cccc2c1C(=O)N(C1CCC(=O)NC1=O)C2=O. The van der Waals surface area contributed by atoms with E-state index in [0.29, 0.717) is 42.1 Å². The first-order chi connectivity index (χ1) is 13.5. The molecule has 3 heterocycles. The van der Waals surface area contributed by atoms with Crippen LogP contribution in [0.2, 0.25) is 0 Å². The van der Waals surface area contributed by atoms with Gasteiger partial charge in [0.05, 0.1) is 11.1 Å². The Morgan fingerprint density at radius 2 is 1.96 bits per heavy atom. The number of amides is 4. The van der Waals surface area contributed by atoms with E-state index in [2.05, 4.69) is 10.2 Å². The van der Waals surface area contributed by atoms with Crippen molar-refractivity contribution in [1.82, 2.24) is 15.1 Å². The minimum atomic E-state index is -0.936. The van der Waals surface area contributed by atoms with Gasteiger partial charge in [-0.2, -0.15) is 0 Å². The molecule has 8 nitrogen and oxygen atoms in total. The molecule has 1 unspecified atom stereocenters. The van der Waals surface area contributed by atoms with Crippen LogP contribution >= 0.6 is 0 Å². The van der Waals surface area contributed by atoms with Gasteiger partial charge in [0, 0.05) is 32.1 Å². The van der Waals surface area contributed by atoms with E-state index in [1.54, 1.807) is 12.1 Å². The van der Waals surface area contributed by atoms with Gasteiger partial charge in [-0.15, -0.1) is 0 Å². The van der Waals surface area contributed by atoms with Gasteiger partial charge in [0.15, 0.2) is 0 Å². The third kappa shape index (κ3) is 2.51. The second-order valence-electron chi connectivity index (χ2n) is 8.18. The van der Waals surface area contributed by atoms with Crippen molar-refractivity contribution in [2.24, 2.45) is 17.6 Å². The number of benzene rings is 1. The summed E-state index contributed by atoms with van der Waals surface area (Å²) in [5.41, 5.74) is 7.47. The molecule has 1 saturated carbocycles. The van der Waals surface area contributed by atoms with Crippen LogP contribution in [0.5, 0.6) is 0 Å². The van der Waals surface area contributed by atoms with Gasteiger partial charge in [-0.3, -0.25) is 34.3 Å². The first-order valence-electron chi connectivity index (χ1n) is 9.77. The van der Waals surface area contributed by atoms with Crippen LogP contribution in [0, 0.1) is 11.8 Å². The maximum Gasteiger partial charge on any atom is 0.262 e. The molecule has 1 aromatic carbocycles. The lowest BCUT2D eigenvalue weighted by Gasteiger charge is -2.28. The molecule has 0 radical (unpaired) electrons. The van der Waals surface area contributed by atoms with Gasteiger partial charge in [0.1, 0.15) is 6.04 Å². The van der Waals surface area contributed by atoms with Gasteiger partial charge in [-0.25, -0.2) is 0 Å². The van der Waals surface area contributed by atoms with E-state index in [1.807, 2.05) is 6.07 Å². The molecule has 8 heteroatoms. The smallest absolute Gasteiger partial charge is 0.262 e. The van der Waals surface area contributed by atoms with Crippen molar-refractivity contribution in [2.75, 3.05) is 13.1 Å². The van der Waals surface area contributed by atoms with Crippen LogP contribution in [0.1, 0.15) is 45.5 Å². The number of rotatable bonds is 4. The number of imide groups is 2. The Bertz CT molecular complexity index is 913. The summed E-state index contributed by atoms with van der Waals surface area (Å²) in [7, 11) is 0. The number of carbonyl (C=O) groups excluding carboxylic acids is 4. The lowest BCUT2D eigenvalue weighted by molar-refractivity contribution is -0.136. The predicted octanol–water partition coefficient (Wildman–Crippen LogP) is -0.133. The van der Waals surface area contributed by atoms with E-state index in [1.165, 1.54) is 6.42 Å². The van der Waals surface area contributed by atoms with Crippen molar-refractivity contribution in [1.29, 1.82) is 0 Å². The average Bonchev–Trinajstić information content (AvgIpc) is 3.27. The Morgan fingerprint density at radius 3 is 2.71 bits per heavy atom. The van der Waals surface area contributed by atoms with Crippen LogP contribution in [0.4, 0.5) is 0 Å². The molecular weight excluding hydrogens is 360 g/mol. The minimum Gasteiger partial charge on any atom is -0.329 e. The molecule has 3 fully saturated rings. The molecule has 28 heavy (non-hydrogen) atoms. The van der Waals surface area contributed by atoms with Crippen LogP contribution in [0.25, 0.3) is 0 Å². The summed E-state index contributed by atoms with van der Waals surface area (Å²) in [4.78, 5) is 53.0. The molecule has 146 valence electrons. The number of likely N-dealkylation sites (tertiary alicyclic amines) is 1. The van der Waals surface area contributed by atoms with Crippen LogP contribution in [-0.2, 0) is 16.1 Å². The van der Waals surface area contributed by atoms with Gasteiger partial charge in [-0.05, 0) is 36.3 Å². The number of hydrogen-bond acceptors (Lipinski definition) is 6. The lowest BCUT2D eigenvalue weighted by atomic mass is 10.0. The van der Waals surface area contributed by atoms with Gasteiger partial charge >= 0.3 is 0 Å². The quantitative estimate of drug-likeness (QED) is 0.702. The molecule has 0 spiro atoms. The third-order valence-corrected chi connectivity index (χ3v) is 6.58. The zero-order valence-corrected chi connectivity index (χ0v) is 15.4. The van der Waals surface area contributed by atoms with E-state index < -0.39 is 23.8 Å². The Labute approximate surface area is 162 Å². The van der Waals surface area contributed by atoms with Crippen molar-refractivity contribution >= 4 is 23.6 Å². The fourth-order valence-electron chi connectivity index (χ4n) is 5.10. The average molecular weight is 382 g/mol. The summed E-state index contributed by atoms with van der Waals surface area (Å²) in [6.07, 6.45) is 1.51. The van der Waals surface area contributed by atoms with E-state index in [0.717, 1.165) is 17.0 Å². The highest BCUT2D eigenvalue weighted by Gasteiger charge is 2.52. The van der Waals surface area contributed by atoms with Crippen molar-refractivity contribution in [3.8, 4) is 0 Å². The van der Waals surface area contributed by atoms with Gasteiger partial charge in [0.2, 0.25) is 11.8 Å². The Hall–Kier alpha value is -2.58. The van der Waals surface area contributed by atoms with E-state index in [-0.39, 0.29) is 18.7 Å². The highest BCUT2D eigenvalue weighted by Crippen LogP contribution is 2.49. The topological polar surface area (TPSA) is 113 Å². The molecule has 0 bridgehead atoms. The van der Waals surface area contributed by atoms with Crippen LogP contribution in [0.15, 0.2) is 18.2 Å². The number of piperidine rings is 2. The van der Waals surface area contributed by atoms with Crippen molar-refractivity contribution < 1.29 is 19.2 Å². The maximum absolute atomic E-state index is 13.1. The molecule has 4 amide bonds. The lowest BCUT2D eigenvalue weighted by Crippen LogP contribution is -2.54. The number of hydrogen-bond donors (Lipinski definition) is 2. The van der Waals surface area contributed by atoms with Crippen molar-refractivity contribution in [3.05, 3.63) is 34.9 Å². The highest BCUT2D eigenvalue weighted by atomic mass is 16.2. The van der Waals surface area contributed by atoms with Crippen molar-refractivity contribution in [3.63, 3.8) is 0 Å². The summed E-state index contributed by atoms with van der Waals surface area (Å²) in [6, 6.07) is 4.66. The largest absolute Gasteiger partial charge is 0.329 e. The molecule has 4 aliphatic rings. The zero-order chi connectivity index (χ0) is 19.6. The molecule has 0 aromatic heterocycles. The number of nitrogens with zero attached hydrogens (tertiary/aromatic N) is 2. The van der Waals surface area contributed by atoms with Gasteiger partial charge < -0.3 is 5.73 Å². The summed E-state index contributed by atoms with van der Waals surface area (Å²) in [5, 5.41) is 2.22. The molecule has 3 N–H and O–H groups in total. The molecule has 4 atom stereocenters. The Balaban J connectivity index is 1.44. The van der Waals surface area contributed by atoms with Crippen molar-refractivity contribution in [2.45, 2.75) is 37.9 Å². The Kier molecular flexibility index (Phi) is 3.89. The standard InChI is InChI=1S/C20H22N4O4/c21-7-15-13-6-11(13)9-23(15)8-10-2-1-3-12-17(10)20(28)24(19(12)27)14-4-5-16(25)22-18(14)26/h1-3,11,13-15H,4-9,21H2,(H,22,25,26)/t11-,13-,14?,15+/m0/s1. The monoisotopic (exact) mass is 382 g/mol. The number of fused-ring (bicyclic) bond motifs is 2. The van der Waals surface area contributed by atoms with E-state index in [4.69, 9.17) is 5.73 Å². The van der Waals surface area contributed by atoms with Crippen LogP contribution < -0.4 is 11.1 Å². The fraction of sp³-hybridized carbons (Fsp3) is 0.500. The molecule has 5 rings (SSSR count). The predicted molar refractivity (Wildman–Crippen MR) is 98.0 cm³/mol. The second-order valence-corrected chi connectivity index (χ2v) is 8.18. The Morgan fingerprint density at radius 1 is 1.14 bits per heavy atom. The first-order valence-corrected chi connectivity index (χ1v) is 9.77.